The predicted octanol–water partition coefficient (Wildman–Crippen LogP) is 7.00. The van der Waals surface area contributed by atoms with Crippen molar-refractivity contribution in [1.82, 2.24) is 9.29 Å². The Hall–Kier alpha value is -2.96. The number of halogens is 5. The van der Waals surface area contributed by atoms with E-state index in [1.165, 1.54) is 18.4 Å². The van der Waals surface area contributed by atoms with Crippen molar-refractivity contribution in [2.75, 3.05) is 13.2 Å². The molecule has 2 N–H and O–H groups in total. The molecule has 0 amide bonds. The van der Waals surface area contributed by atoms with Crippen LogP contribution in [-0.4, -0.2) is 45.5 Å². The van der Waals surface area contributed by atoms with Crippen LogP contribution in [0.5, 0.6) is 5.75 Å². The number of aliphatic hydroxyl groups excluding tert-OH is 1. The Kier molecular flexibility index (Phi) is 7.36. The summed E-state index contributed by atoms with van der Waals surface area (Å²) in [7, 11) is -3.38. The van der Waals surface area contributed by atoms with Gasteiger partial charge in [0, 0.05) is 20.8 Å². The van der Waals surface area contributed by atoms with Gasteiger partial charge >= 0.3 is 6.36 Å². The Morgan fingerprint density at radius 2 is 1.63 bits per heavy atom. The summed E-state index contributed by atoms with van der Waals surface area (Å²) >= 11 is 12.6. The van der Waals surface area contributed by atoms with Crippen molar-refractivity contribution in [2.45, 2.75) is 36.2 Å². The van der Waals surface area contributed by atoms with E-state index in [-0.39, 0.29) is 11.5 Å². The van der Waals surface area contributed by atoms with E-state index in [0.29, 0.717) is 28.2 Å². The molecule has 7 nitrogen and oxygen atoms in total. The van der Waals surface area contributed by atoms with Gasteiger partial charge in [-0.25, -0.2) is 13.3 Å². The fraction of sp³-hybridized carbons (Fsp3) is 0.286. The van der Waals surface area contributed by atoms with E-state index in [1.54, 1.807) is 12.1 Å². The van der Waals surface area contributed by atoms with E-state index in [0.717, 1.165) is 46.8 Å². The first-order chi connectivity index (χ1) is 19.5. The number of benzene rings is 3. The van der Waals surface area contributed by atoms with E-state index in [4.69, 9.17) is 27.9 Å². The number of nitrogens with one attached hydrogen (secondary N) is 1. The summed E-state index contributed by atoms with van der Waals surface area (Å²) in [6.07, 6.45) is -2.67. The summed E-state index contributed by atoms with van der Waals surface area (Å²) in [5, 5.41) is 14.3. The molecule has 41 heavy (non-hydrogen) atoms. The lowest BCUT2D eigenvalue weighted by atomic mass is 10.1. The van der Waals surface area contributed by atoms with Crippen molar-refractivity contribution < 1.29 is 32.0 Å². The van der Waals surface area contributed by atoms with Crippen LogP contribution in [0.4, 0.5) is 13.2 Å². The van der Waals surface area contributed by atoms with Gasteiger partial charge < -0.3 is 19.1 Å². The minimum absolute atomic E-state index is 0.0232. The van der Waals surface area contributed by atoms with Gasteiger partial charge in [-0.05, 0) is 79.4 Å². The first kappa shape index (κ1) is 28.2. The number of fused-ring (bicyclic) bond motifs is 3. The zero-order chi connectivity index (χ0) is 28.9. The highest BCUT2D eigenvalue weighted by Crippen LogP contribution is 2.37. The van der Waals surface area contributed by atoms with Crippen molar-refractivity contribution in [3.05, 3.63) is 77.0 Å². The van der Waals surface area contributed by atoms with E-state index >= 15 is 0 Å². The van der Waals surface area contributed by atoms with Gasteiger partial charge in [-0.3, -0.25) is 0 Å². The number of aliphatic hydroxyl groups is 1. The Balaban J connectivity index is 1.36. The standard InChI is InChI=1S/C28H24Cl2F3N3O4S/c29-17-3-9-24-21(11-17)22-12-18(30)4-10-25(22)36(24)26-15-39-14-23(27(26)37)35-41(38,34-13-16-1-2-16)20-7-5-19(6-8-20)40-28(31,32)33/h3-12,15-16,23,27,37H,1-2,13-14H2,(H,34,35,38)/t23-,27-,41?/m1/s1. The lowest BCUT2D eigenvalue weighted by Crippen LogP contribution is -2.49. The highest BCUT2D eigenvalue weighted by Gasteiger charge is 2.35. The van der Waals surface area contributed by atoms with Crippen LogP contribution in [0, 0.1) is 5.92 Å². The Labute approximate surface area is 243 Å². The monoisotopic (exact) mass is 625 g/mol. The fourth-order valence-corrected chi connectivity index (χ4v) is 7.09. The molecule has 1 fully saturated rings. The van der Waals surface area contributed by atoms with Gasteiger partial charge in [-0.1, -0.05) is 23.2 Å². The quantitative estimate of drug-likeness (QED) is 0.232. The molecule has 1 unspecified atom stereocenters. The highest BCUT2D eigenvalue weighted by molar-refractivity contribution is 7.91. The van der Waals surface area contributed by atoms with Crippen LogP contribution in [0.3, 0.4) is 0 Å². The number of rotatable bonds is 7. The van der Waals surface area contributed by atoms with Crippen molar-refractivity contribution in [3.8, 4) is 5.75 Å². The molecule has 1 aliphatic carbocycles. The van der Waals surface area contributed by atoms with E-state index < -0.39 is 34.2 Å². The normalized spacial score (nSPS) is 20.9. The summed E-state index contributed by atoms with van der Waals surface area (Å²) < 4.78 is 71.2. The zero-order valence-electron chi connectivity index (χ0n) is 21.3. The summed E-state index contributed by atoms with van der Waals surface area (Å²) in [6.45, 7) is 0.290. The summed E-state index contributed by atoms with van der Waals surface area (Å²) in [5.41, 5.74) is 1.89. The highest BCUT2D eigenvalue weighted by atomic mass is 35.5. The first-order valence-corrected chi connectivity index (χ1v) is 15.0. The van der Waals surface area contributed by atoms with E-state index in [2.05, 4.69) is 13.8 Å². The third kappa shape index (κ3) is 5.87. The molecule has 0 spiro atoms. The van der Waals surface area contributed by atoms with Crippen LogP contribution < -0.4 is 9.46 Å². The van der Waals surface area contributed by atoms with Gasteiger partial charge in [-0.15, -0.1) is 13.2 Å². The summed E-state index contributed by atoms with van der Waals surface area (Å²) in [6, 6.07) is 14.6. The average molecular weight is 626 g/mol. The summed E-state index contributed by atoms with van der Waals surface area (Å²) in [5.74, 6) is -0.146. The molecule has 1 aromatic heterocycles. The maximum Gasteiger partial charge on any atom is 0.573 e. The zero-order valence-corrected chi connectivity index (χ0v) is 23.6. The molecule has 13 heteroatoms. The Morgan fingerprint density at radius 1 is 1.02 bits per heavy atom. The number of hydrogen-bond acceptors (Lipinski definition) is 5. The maximum absolute atomic E-state index is 14.3. The second-order valence-electron chi connectivity index (χ2n) is 10.0. The Morgan fingerprint density at radius 3 is 2.20 bits per heavy atom. The van der Waals surface area contributed by atoms with Crippen LogP contribution >= 0.6 is 23.2 Å². The summed E-state index contributed by atoms with van der Waals surface area (Å²) in [4.78, 5) is 0.164. The topological polar surface area (TPSA) is 85.1 Å². The van der Waals surface area contributed by atoms with Crippen LogP contribution in [-0.2, 0) is 14.7 Å². The molecule has 2 aliphatic rings. The van der Waals surface area contributed by atoms with Gasteiger partial charge in [-0.2, -0.15) is 0 Å². The molecule has 0 saturated heterocycles. The number of aromatic nitrogens is 1. The number of nitrogens with zero attached hydrogens (tertiary/aromatic N) is 2. The molecular weight excluding hydrogens is 602 g/mol. The van der Waals surface area contributed by atoms with Crippen molar-refractivity contribution >= 4 is 60.6 Å². The molecule has 1 aliphatic heterocycles. The Bertz CT molecular complexity index is 1720. The van der Waals surface area contributed by atoms with Crippen LogP contribution in [0.15, 0.2) is 76.2 Å². The smallest absolute Gasteiger partial charge is 0.497 e. The molecule has 0 radical (unpaired) electrons. The second kappa shape index (κ2) is 10.7. The van der Waals surface area contributed by atoms with Crippen LogP contribution in [0.2, 0.25) is 10.0 Å². The fourth-order valence-electron chi connectivity index (χ4n) is 4.86. The minimum Gasteiger partial charge on any atom is -0.497 e. The predicted molar refractivity (Wildman–Crippen MR) is 152 cm³/mol. The molecule has 4 aromatic rings. The van der Waals surface area contributed by atoms with Crippen molar-refractivity contribution in [2.24, 2.45) is 10.3 Å². The lowest BCUT2D eigenvalue weighted by Gasteiger charge is -2.31. The lowest BCUT2D eigenvalue weighted by molar-refractivity contribution is -0.274. The molecule has 216 valence electrons. The molecule has 1 saturated carbocycles. The molecule has 3 aromatic carbocycles. The second-order valence-corrected chi connectivity index (χ2v) is 12.9. The maximum atomic E-state index is 14.3. The van der Waals surface area contributed by atoms with Gasteiger partial charge in [0.1, 0.15) is 34.6 Å². The molecule has 2 heterocycles. The van der Waals surface area contributed by atoms with E-state index in [1.807, 2.05) is 28.8 Å². The van der Waals surface area contributed by atoms with Crippen LogP contribution in [0.25, 0.3) is 27.5 Å². The van der Waals surface area contributed by atoms with Gasteiger partial charge in [0.15, 0.2) is 0 Å². The largest absolute Gasteiger partial charge is 0.573 e. The molecular formula is C28H24Cl2F3N3O4S. The third-order valence-electron chi connectivity index (χ3n) is 7.01. The average Bonchev–Trinajstić information content (AvgIpc) is 3.70. The molecule has 0 bridgehead atoms. The number of hydrogen-bond donors (Lipinski definition) is 2. The minimum atomic E-state index is -4.85. The van der Waals surface area contributed by atoms with Gasteiger partial charge in [0.05, 0.1) is 34.2 Å². The number of ether oxygens (including phenoxy) is 2. The van der Waals surface area contributed by atoms with Crippen molar-refractivity contribution in [1.29, 1.82) is 0 Å². The third-order valence-corrected chi connectivity index (χ3v) is 9.53. The van der Waals surface area contributed by atoms with Crippen molar-refractivity contribution in [3.63, 3.8) is 0 Å². The molecule has 6 rings (SSSR count). The van der Waals surface area contributed by atoms with Gasteiger partial charge in [0.2, 0.25) is 0 Å². The number of alkyl halides is 3. The van der Waals surface area contributed by atoms with E-state index in [9.17, 15) is 22.5 Å². The van der Waals surface area contributed by atoms with Crippen LogP contribution in [0.1, 0.15) is 12.8 Å². The SMILES string of the molecule is O=S(=NCC1CC1)(N[C@@H]1COC=C(n2c3ccc(Cl)cc3c3cc(Cl)ccc32)[C@@H]1O)c1ccc(OC(F)(F)F)cc1. The van der Waals surface area contributed by atoms with Gasteiger partial charge in [0.25, 0.3) is 0 Å². The molecule has 3 atom stereocenters. The first-order valence-electron chi connectivity index (χ1n) is 12.8.